The molecule has 0 saturated heterocycles. The summed E-state index contributed by atoms with van der Waals surface area (Å²) in [6.07, 6.45) is 0. The highest BCUT2D eigenvalue weighted by Gasteiger charge is 2.19. The Labute approximate surface area is 164 Å². The van der Waals surface area contributed by atoms with Crippen LogP contribution in [0.1, 0.15) is 16.2 Å². The van der Waals surface area contributed by atoms with Crippen LogP contribution in [0.25, 0.3) is 5.69 Å². The predicted molar refractivity (Wildman–Crippen MR) is 101 cm³/mol. The number of nitrogens with zero attached hydrogens (tertiary/aromatic N) is 3. The molecule has 1 N–H and O–H groups in total. The van der Waals surface area contributed by atoms with Crippen LogP contribution in [0.4, 0.5) is 5.69 Å². The zero-order valence-electron chi connectivity index (χ0n) is 14.1. The van der Waals surface area contributed by atoms with Crippen molar-refractivity contribution in [1.29, 1.82) is 0 Å². The third-order valence-electron chi connectivity index (χ3n) is 3.50. The number of halogens is 2. The second-order valence-corrected chi connectivity index (χ2v) is 6.35. The molecular weight excluding hydrogens is 391 g/mol. The number of aryl methyl sites for hydroxylation is 1. The number of ether oxygens (including phenoxy) is 1. The van der Waals surface area contributed by atoms with Gasteiger partial charge in [0.05, 0.1) is 22.1 Å². The number of hydrogen-bond acceptors (Lipinski definition) is 5. The van der Waals surface area contributed by atoms with E-state index in [1.807, 2.05) is 18.2 Å². The van der Waals surface area contributed by atoms with Crippen molar-refractivity contribution in [3.05, 3.63) is 70.0 Å². The lowest BCUT2D eigenvalue weighted by Crippen LogP contribution is -2.21. The monoisotopic (exact) mass is 404 g/mol. The number of hydrogen-bond donors (Lipinski definition) is 1. The van der Waals surface area contributed by atoms with E-state index in [-0.39, 0.29) is 10.7 Å². The van der Waals surface area contributed by atoms with Crippen LogP contribution in [0.15, 0.2) is 48.5 Å². The number of benzene rings is 2. The van der Waals surface area contributed by atoms with Gasteiger partial charge < -0.3 is 10.1 Å². The molecule has 3 rings (SSSR count). The van der Waals surface area contributed by atoms with Crippen LogP contribution < -0.4 is 5.32 Å². The average molecular weight is 405 g/mol. The van der Waals surface area contributed by atoms with Gasteiger partial charge in [-0.25, -0.2) is 4.79 Å². The number of carbonyl (C=O) groups is 2. The van der Waals surface area contributed by atoms with Crippen LogP contribution in [0.2, 0.25) is 10.0 Å². The SMILES string of the molecule is Cc1nn(-c2ccccc2)nc1C(=O)OCC(=O)Nc1ccc(Cl)cc1Cl. The van der Waals surface area contributed by atoms with Crippen molar-refractivity contribution in [1.82, 2.24) is 15.0 Å². The molecule has 0 aliphatic heterocycles. The molecule has 0 saturated carbocycles. The summed E-state index contributed by atoms with van der Waals surface area (Å²) in [7, 11) is 0. The maximum absolute atomic E-state index is 12.2. The van der Waals surface area contributed by atoms with Crippen molar-refractivity contribution in [3.8, 4) is 5.69 Å². The van der Waals surface area contributed by atoms with Gasteiger partial charge >= 0.3 is 5.97 Å². The molecule has 27 heavy (non-hydrogen) atoms. The lowest BCUT2D eigenvalue weighted by molar-refractivity contribution is -0.119. The van der Waals surface area contributed by atoms with E-state index in [1.165, 1.54) is 10.9 Å². The third kappa shape index (κ3) is 4.64. The minimum atomic E-state index is -0.743. The molecule has 0 fully saturated rings. The molecule has 7 nitrogen and oxygen atoms in total. The first-order chi connectivity index (χ1) is 12.9. The van der Waals surface area contributed by atoms with Crippen LogP contribution in [0.3, 0.4) is 0 Å². The highest BCUT2D eigenvalue weighted by Crippen LogP contribution is 2.25. The van der Waals surface area contributed by atoms with Gasteiger partial charge in [-0.3, -0.25) is 4.79 Å². The fourth-order valence-corrected chi connectivity index (χ4v) is 2.68. The van der Waals surface area contributed by atoms with Crippen LogP contribution >= 0.6 is 23.2 Å². The number of esters is 1. The molecule has 2 aromatic carbocycles. The Morgan fingerprint density at radius 2 is 1.85 bits per heavy atom. The number of para-hydroxylation sites is 1. The molecule has 0 radical (unpaired) electrons. The van der Waals surface area contributed by atoms with Crippen molar-refractivity contribution in [3.63, 3.8) is 0 Å². The molecule has 0 unspecified atom stereocenters. The Bertz CT molecular complexity index is 990. The Balaban J connectivity index is 1.62. The molecule has 1 heterocycles. The standard InChI is InChI=1S/C18H14Cl2N4O3/c1-11-17(23-24(22-11)13-5-3-2-4-6-13)18(26)27-10-16(25)21-15-8-7-12(19)9-14(15)20/h2-9H,10H2,1H3,(H,21,25). The molecule has 0 aliphatic carbocycles. The molecule has 3 aromatic rings. The van der Waals surface area contributed by atoms with E-state index in [1.54, 1.807) is 31.2 Å². The molecule has 1 aromatic heterocycles. The highest BCUT2D eigenvalue weighted by atomic mass is 35.5. The van der Waals surface area contributed by atoms with E-state index in [0.717, 1.165) is 0 Å². The summed E-state index contributed by atoms with van der Waals surface area (Å²) in [5.74, 6) is -1.28. The van der Waals surface area contributed by atoms with Gasteiger partial charge in [0.2, 0.25) is 0 Å². The topological polar surface area (TPSA) is 86.1 Å². The minimum Gasteiger partial charge on any atom is -0.451 e. The largest absolute Gasteiger partial charge is 0.451 e. The van der Waals surface area contributed by atoms with E-state index in [4.69, 9.17) is 27.9 Å². The van der Waals surface area contributed by atoms with E-state index in [0.29, 0.717) is 22.1 Å². The van der Waals surface area contributed by atoms with E-state index < -0.39 is 18.5 Å². The van der Waals surface area contributed by atoms with Crippen molar-refractivity contribution in [2.24, 2.45) is 0 Å². The normalized spacial score (nSPS) is 10.5. The molecule has 9 heteroatoms. The zero-order chi connectivity index (χ0) is 19.4. The Morgan fingerprint density at radius 3 is 2.56 bits per heavy atom. The van der Waals surface area contributed by atoms with E-state index in [2.05, 4.69) is 15.5 Å². The smallest absolute Gasteiger partial charge is 0.361 e. The van der Waals surface area contributed by atoms with Gasteiger partial charge in [-0.2, -0.15) is 9.90 Å². The average Bonchev–Trinajstić information content (AvgIpc) is 3.05. The number of anilines is 1. The summed E-state index contributed by atoms with van der Waals surface area (Å²) >= 11 is 11.8. The second kappa shape index (κ2) is 8.20. The van der Waals surface area contributed by atoms with Gasteiger partial charge in [-0.05, 0) is 37.3 Å². The van der Waals surface area contributed by atoms with Crippen molar-refractivity contribution in [2.75, 3.05) is 11.9 Å². The molecule has 0 bridgehead atoms. The lowest BCUT2D eigenvalue weighted by atomic mass is 10.3. The van der Waals surface area contributed by atoms with Crippen LogP contribution in [0.5, 0.6) is 0 Å². The summed E-state index contributed by atoms with van der Waals surface area (Å²) in [5, 5.41) is 11.6. The van der Waals surface area contributed by atoms with Crippen LogP contribution in [0, 0.1) is 6.92 Å². The van der Waals surface area contributed by atoms with Crippen LogP contribution in [-0.4, -0.2) is 33.5 Å². The summed E-state index contributed by atoms with van der Waals surface area (Å²) in [4.78, 5) is 25.5. The Morgan fingerprint density at radius 1 is 1.11 bits per heavy atom. The number of aromatic nitrogens is 3. The van der Waals surface area contributed by atoms with E-state index in [9.17, 15) is 9.59 Å². The Kier molecular flexibility index (Phi) is 5.73. The number of amides is 1. The molecular formula is C18H14Cl2N4O3. The first-order valence-corrected chi connectivity index (χ1v) is 8.61. The maximum Gasteiger partial charge on any atom is 0.361 e. The second-order valence-electron chi connectivity index (χ2n) is 5.51. The molecule has 0 aliphatic rings. The van der Waals surface area contributed by atoms with E-state index >= 15 is 0 Å². The van der Waals surface area contributed by atoms with Crippen molar-refractivity contribution in [2.45, 2.75) is 6.92 Å². The van der Waals surface area contributed by atoms with Gasteiger partial charge in [0.25, 0.3) is 5.91 Å². The zero-order valence-corrected chi connectivity index (χ0v) is 15.7. The minimum absolute atomic E-state index is 0.0381. The van der Waals surface area contributed by atoms with Crippen LogP contribution in [-0.2, 0) is 9.53 Å². The van der Waals surface area contributed by atoms with Crippen molar-refractivity contribution < 1.29 is 14.3 Å². The van der Waals surface area contributed by atoms with Gasteiger partial charge in [0.1, 0.15) is 0 Å². The first-order valence-electron chi connectivity index (χ1n) is 7.85. The molecule has 0 atom stereocenters. The fourth-order valence-electron chi connectivity index (χ4n) is 2.22. The first kappa shape index (κ1) is 18.9. The fraction of sp³-hybridized carbons (Fsp3) is 0.111. The quantitative estimate of drug-likeness (QED) is 0.655. The van der Waals surface area contributed by atoms with Gasteiger partial charge in [0, 0.05) is 5.02 Å². The van der Waals surface area contributed by atoms with Gasteiger partial charge in [0.15, 0.2) is 12.3 Å². The summed E-state index contributed by atoms with van der Waals surface area (Å²) < 4.78 is 5.02. The number of rotatable bonds is 5. The summed E-state index contributed by atoms with van der Waals surface area (Å²) in [6.45, 7) is 1.14. The molecule has 138 valence electrons. The summed E-state index contributed by atoms with van der Waals surface area (Å²) in [5.41, 5.74) is 1.50. The maximum atomic E-state index is 12.2. The van der Waals surface area contributed by atoms with Crippen molar-refractivity contribution >= 4 is 40.8 Å². The summed E-state index contributed by atoms with van der Waals surface area (Å²) in [6, 6.07) is 13.8. The number of nitrogens with one attached hydrogen (secondary N) is 1. The highest BCUT2D eigenvalue weighted by molar-refractivity contribution is 6.36. The molecule has 1 amide bonds. The third-order valence-corrected chi connectivity index (χ3v) is 4.05. The Hall–Kier alpha value is -2.90. The lowest BCUT2D eigenvalue weighted by Gasteiger charge is -2.07. The predicted octanol–water partition coefficient (Wildman–Crippen LogP) is 3.68. The molecule has 0 spiro atoms. The number of carbonyl (C=O) groups excluding carboxylic acids is 2. The van der Waals surface area contributed by atoms with Gasteiger partial charge in [-0.15, -0.1) is 5.10 Å². The van der Waals surface area contributed by atoms with Gasteiger partial charge in [-0.1, -0.05) is 41.4 Å².